The average molecular weight is 326 g/mol. The monoisotopic (exact) mass is 326 g/mol. The van der Waals surface area contributed by atoms with E-state index in [0.717, 1.165) is 11.1 Å². The number of carbonyl (C=O) groups is 1. The number of aromatic nitrogens is 2. The minimum absolute atomic E-state index is 0.118. The summed E-state index contributed by atoms with van der Waals surface area (Å²) in [5.41, 5.74) is 2.50. The van der Waals surface area contributed by atoms with E-state index >= 15 is 0 Å². The lowest BCUT2D eigenvalue weighted by Gasteiger charge is -2.02. The second-order valence-corrected chi connectivity index (χ2v) is 5.35. The van der Waals surface area contributed by atoms with E-state index < -0.39 is 0 Å². The molecular weight excluding hydrogens is 311 g/mol. The molecule has 0 aliphatic rings. The number of nitrogens with zero attached hydrogens (tertiary/aromatic N) is 2. The molecule has 1 aromatic heterocycles. The summed E-state index contributed by atoms with van der Waals surface area (Å²) in [5.74, 6) is -0.363. The molecule has 3 rings (SSSR count). The molecule has 0 aliphatic heterocycles. The van der Waals surface area contributed by atoms with Crippen molar-refractivity contribution < 1.29 is 18.4 Å². The maximum atomic E-state index is 13.2. The predicted molar refractivity (Wildman–Crippen MR) is 84.4 cm³/mol. The van der Waals surface area contributed by atoms with Crippen molar-refractivity contribution in [1.29, 1.82) is 0 Å². The van der Waals surface area contributed by atoms with E-state index in [9.17, 15) is 9.18 Å². The largest absolute Gasteiger partial charge is 0.455 e. The second-order valence-electron chi connectivity index (χ2n) is 5.35. The molecule has 2 aromatic carbocycles. The Bertz CT molecular complexity index is 843. The first-order valence-corrected chi connectivity index (χ1v) is 7.40. The molecule has 0 unspecified atom stereocenters. The SMILES string of the molecule is Cc1ccc(CC(=O)OCc2nc(-c3cccc(F)c3)no2)cc1. The van der Waals surface area contributed by atoms with Gasteiger partial charge in [0.2, 0.25) is 5.82 Å². The van der Waals surface area contributed by atoms with Crippen LogP contribution in [0.2, 0.25) is 0 Å². The molecule has 6 heteroatoms. The highest BCUT2D eigenvalue weighted by Gasteiger charge is 2.12. The summed E-state index contributed by atoms with van der Waals surface area (Å²) < 4.78 is 23.3. The van der Waals surface area contributed by atoms with Gasteiger partial charge in [-0.25, -0.2) is 4.39 Å². The number of hydrogen-bond donors (Lipinski definition) is 0. The zero-order chi connectivity index (χ0) is 16.9. The van der Waals surface area contributed by atoms with Gasteiger partial charge >= 0.3 is 5.97 Å². The van der Waals surface area contributed by atoms with Gasteiger partial charge in [-0.3, -0.25) is 4.79 Å². The highest BCUT2D eigenvalue weighted by atomic mass is 19.1. The van der Waals surface area contributed by atoms with E-state index in [1.807, 2.05) is 31.2 Å². The summed E-state index contributed by atoms with van der Waals surface area (Å²) in [6, 6.07) is 13.5. The molecule has 3 aromatic rings. The van der Waals surface area contributed by atoms with E-state index in [0.29, 0.717) is 5.56 Å². The number of hydrogen-bond acceptors (Lipinski definition) is 5. The number of halogens is 1. The summed E-state index contributed by atoms with van der Waals surface area (Å²) in [7, 11) is 0. The fraction of sp³-hybridized carbons (Fsp3) is 0.167. The van der Waals surface area contributed by atoms with Crippen LogP contribution in [0.25, 0.3) is 11.4 Å². The van der Waals surface area contributed by atoms with Gasteiger partial charge in [-0.2, -0.15) is 4.98 Å². The molecule has 0 radical (unpaired) electrons. The molecule has 0 aliphatic carbocycles. The molecule has 1 heterocycles. The summed E-state index contributed by atoms with van der Waals surface area (Å²) in [5, 5.41) is 3.76. The van der Waals surface area contributed by atoms with Gasteiger partial charge in [0, 0.05) is 5.56 Å². The van der Waals surface area contributed by atoms with E-state index in [4.69, 9.17) is 9.26 Å². The molecule has 0 fully saturated rings. The van der Waals surface area contributed by atoms with Gasteiger partial charge in [-0.05, 0) is 24.6 Å². The van der Waals surface area contributed by atoms with Gasteiger partial charge in [-0.15, -0.1) is 0 Å². The van der Waals surface area contributed by atoms with Gasteiger partial charge in [0.1, 0.15) is 5.82 Å². The van der Waals surface area contributed by atoms with Crippen LogP contribution in [-0.4, -0.2) is 16.1 Å². The van der Waals surface area contributed by atoms with Crippen LogP contribution in [0.3, 0.4) is 0 Å². The molecule has 5 nitrogen and oxygen atoms in total. The molecule has 0 N–H and O–H groups in total. The van der Waals surface area contributed by atoms with Crippen molar-refractivity contribution in [2.24, 2.45) is 0 Å². The lowest BCUT2D eigenvalue weighted by atomic mass is 10.1. The maximum Gasteiger partial charge on any atom is 0.310 e. The van der Waals surface area contributed by atoms with Crippen molar-refractivity contribution in [3.8, 4) is 11.4 Å². The molecule has 0 spiro atoms. The smallest absolute Gasteiger partial charge is 0.310 e. The Morgan fingerprint density at radius 3 is 2.75 bits per heavy atom. The number of carbonyl (C=O) groups excluding carboxylic acids is 1. The number of esters is 1. The normalized spacial score (nSPS) is 10.6. The third-order valence-corrected chi connectivity index (χ3v) is 3.38. The zero-order valence-electron chi connectivity index (χ0n) is 13.0. The maximum absolute atomic E-state index is 13.2. The van der Waals surface area contributed by atoms with Crippen LogP contribution < -0.4 is 0 Å². The van der Waals surface area contributed by atoms with Crippen molar-refractivity contribution >= 4 is 5.97 Å². The van der Waals surface area contributed by atoms with Crippen LogP contribution in [0, 0.1) is 12.7 Å². The highest BCUT2D eigenvalue weighted by molar-refractivity contribution is 5.72. The second kappa shape index (κ2) is 7.04. The Balaban J connectivity index is 1.57. The quantitative estimate of drug-likeness (QED) is 0.672. The third-order valence-electron chi connectivity index (χ3n) is 3.38. The lowest BCUT2D eigenvalue weighted by Crippen LogP contribution is -2.08. The molecule has 0 saturated heterocycles. The van der Waals surface area contributed by atoms with Crippen LogP contribution in [0.1, 0.15) is 17.0 Å². The Labute approximate surface area is 138 Å². The first-order chi connectivity index (χ1) is 11.6. The first-order valence-electron chi connectivity index (χ1n) is 7.40. The molecule has 122 valence electrons. The zero-order valence-corrected chi connectivity index (χ0v) is 13.0. The van der Waals surface area contributed by atoms with Crippen molar-refractivity contribution in [1.82, 2.24) is 10.1 Å². The molecular formula is C18H15FN2O3. The van der Waals surface area contributed by atoms with Crippen LogP contribution in [0.4, 0.5) is 4.39 Å². The van der Waals surface area contributed by atoms with Crippen LogP contribution in [-0.2, 0) is 22.6 Å². The Hall–Kier alpha value is -3.02. The summed E-state index contributed by atoms with van der Waals surface area (Å²) >= 11 is 0. The lowest BCUT2D eigenvalue weighted by molar-refractivity contribution is -0.144. The number of benzene rings is 2. The van der Waals surface area contributed by atoms with Gasteiger partial charge in [0.15, 0.2) is 6.61 Å². The van der Waals surface area contributed by atoms with E-state index in [1.54, 1.807) is 12.1 Å². The Kier molecular flexibility index (Phi) is 4.65. The fourth-order valence-electron chi connectivity index (χ4n) is 2.12. The highest BCUT2D eigenvalue weighted by Crippen LogP contribution is 2.17. The Morgan fingerprint density at radius 2 is 2.00 bits per heavy atom. The average Bonchev–Trinajstić information content (AvgIpc) is 3.04. The summed E-state index contributed by atoms with van der Waals surface area (Å²) in [6.45, 7) is 1.86. The van der Waals surface area contributed by atoms with Crippen molar-refractivity contribution in [2.75, 3.05) is 0 Å². The van der Waals surface area contributed by atoms with Crippen molar-refractivity contribution in [3.63, 3.8) is 0 Å². The minimum atomic E-state index is -0.386. The molecule has 0 atom stereocenters. The van der Waals surface area contributed by atoms with Gasteiger partial charge in [0.25, 0.3) is 5.89 Å². The third kappa shape index (κ3) is 4.04. The van der Waals surface area contributed by atoms with E-state index in [-0.39, 0.29) is 36.5 Å². The van der Waals surface area contributed by atoms with Crippen molar-refractivity contribution in [2.45, 2.75) is 20.0 Å². The minimum Gasteiger partial charge on any atom is -0.455 e. The van der Waals surface area contributed by atoms with Crippen LogP contribution in [0.15, 0.2) is 53.1 Å². The van der Waals surface area contributed by atoms with Gasteiger partial charge in [0.05, 0.1) is 6.42 Å². The molecule has 0 bridgehead atoms. The molecule has 0 amide bonds. The topological polar surface area (TPSA) is 65.2 Å². The Morgan fingerprint density at radius 1 is 1.21 bits per heavy atom. The van der Waals surface area contributed by atoms with Crippen LogP contribution >= 0.6 is 0 Å². The summed E-state index contributed by atoms with van der Waals surface area (Å²) in [4.78, 5) is 15.9. The predicted octanol–water partition coefficient (Wildman–Crippen LogP) is 3.47. The van der Waals surface area contributed by atoms with Crippen LogP contribution in [0.5, 0.6) is 0 Å². The molecule has 24 heavy (non-hydrogen) atoms. The first kappa shape index (κ1) is 15.9. The van der Waals surface area contributed by atoms with E-state index in [1.165, 1.54) is 12.1 Å². The van der Waals surface area contributed by atoms with Gasteiger partial charge < -0.3 is 9.26 Å². The summed E-state index contributed by atoms with van der Waals surface area (Å²) in [6.07, 6.45) is 0.172. The number of aryl methyl sites for hydroxylation is 1. The number of ether oxygens (including phenoxy) is 1. The molecule has 0 saturated carbocycles. The number of rotatable bonds is 5. The standard InChI is InChI=1S/C18H15FN2O3/c1-12-5-7-13(8-6-12)9-17(22)23-11-16-20-18(21-24-16)14-3-2-4-15(19)10-14/h2-8,10H,9,11H2,1H3. The van der Waals surface area contributed by atoms with Gasteiger partial charge in [-0.1, -0.05) is 47.1 Å². The van der Waals surface area contributed by atoms with E-state index in [2.05, 4.69) is 10.1 Å². The fourth-order valence-corrected chi connectivity index (χ4v) is 2.12. The van der Waals surface area contributed by atoms with Crippen molar-refractivity contribution in [3.05, 3.63) is 71.4 Å².